The third-order valence-corrected chi connectivity index (χ3v) is 6.38. The zero-order valence-corrected chi connectivity index (χ0v) is 20.2. The van der Waals surface area contributed by atoms with E-state index in [2.05, 4.69) is 32.2 Å². The van der Waals surface area contributed by atoms with E-state index in [1.165, 1.54) is 5.56 Å². The van der Waals surface area contributed by atoms with Gasteiger partial charge in [0, 0.05) is 17.8 Å². The molecule has 3 heterocycles. The summed E-state index contributed by atoms with van der Waals surface area (Å²) in [6.07, 6.45) is 2.26. The Balaban J connectivity index is 1.13. The minimum absolute atomic E-state index is 0.459. The third-order valence-electron chi connectivity index (χ3n) is 6.38. The molecule has 2 aromatic carbocycles. The van der Waals surface area contributed by atoms with Crippen LogP contribution < -0.4 is 9.47 Å². The van der Waals surface area contributed by atoms with Gasteiger partial charge in [-0.15, -0.1) is 0 Å². The van der Waals surface area contributed by atoms with Crippen molar-refractivity contribution in [1.82, 2.24) is 20.0 Å². The van der Waals surface area contributed by atoms with Gasteiger partial charge in [-0.25, -0.2) is 4.98 Å². The molecule has 7 nitrogen and oxygen atoms in total. The van der Waals surface area contributed by atoms with Gasteiger partial charge < -0.3 is 14.0 Å². The maximum atomic E-state index is 6.16. The standard InChI is InChI=1S/C28H30N4O3/c1-20-5-3-8-26(29-20)27-30-28(35-31-27)23-6-4-7-25(17-23)34-19-22-13-15-32(16-14-22)18-21-9-11-24(33-2)12-10-21/h3-12,17,22H,13-16,18-19H2,1-2H3. The van der Waals surface area contributed by atoms with Crippen LogP contribution in [0.2, 0.25) is 0 Å². The largest absolute Gasteiger partial charge is 0.497 e. The Kier molecular flexibility index (Phi) is 7.04. The van der Waals surface area contributed by atoms with Crippen LogP contribution in [0.4, 0.5) is 0 Å². The molecule has 0 amide bonds. The van der Waals surface area contributed by atoms with Crippen LogP contribution in [-0.2, 0) is 6.54 Å². The minimum Gasteiger partial charge on any atom is -0.497 e. The highest BCUT2D eigenvalue weighted by atomic mass is 16.5. The molecule has 0 N–H and O–H groups in total. The smallest absolute Gasteiger partial charge is 0.258 e. The van der Waals surface area contributed by atoms with Gasteiger partial charge in [-0.2, -0.15) is 4.98 Å². The predicted octanol–water partition coefficient (Wildman–Crippen LogP) is 5.41. The van der Waals surface area contributed by atoms with Gasteiger partial charge in [0.1, 0.15) is 17.2 Å². The first-order valence-electron chi connectivity index (χ1n) is 12.0. The van der Waals surface area contributed by atoms with Crippen molar-refractivity contribution >= 4 is 0 Å². The van der Waals surface area contributed by atoms with Crippen LogP contribution in [0, 0.1) is 12.8 Å². The number of ether oxygens (including phenoxy) is 2. The van der Waals surface area contributed by atoms with Crippen molar-refractivity contribution in [3.63, 3.8) is 0 Å². The van der Waals surface area contributed by atoms with Crippen LogP contribution in [0.15, 0.2) is 71.3 Å². The van der Waals surface area contributed by atoms with E-state index < -0.39 is 0 Å². The Morgan fingerprint density at radius 1 is 0.943 bits per heavy atom. The molecule has 35 heavy (non-hydrogen) atoms. The molecule has 1 fully saturated rings. The summed E-state index contributed by atoms with van der Waals surface area (Å²) in [5, 5.41) is 4.10. The molecule has 0 unspecified atom stereocenters. The fraction of sp³-hybridized carbons (Fsp3) is 0.321. The first-order valence-corrected chi connectivity index (χ1v) is 12.0. The van der Waals surface area contributed by atoms with Crippen LogP contribution in [0.3, 0.4) is 0 Å². The van der Waals surface area contributed by atoms with E-state index in [-0.39, 0.29) is 0 Å². The number of aromatic nitrogens is 3. The fourth-order valence-electron chi connectivity index (χ4n) is 4.35. The van der Waals surface area contributed by atoms with Crippen LogP contribution in [0.5, 0.6) is 11.5 Å². The van der Waals surface area contributed by atoms with Crippen LogP contribution in [0.25, 0.3) is 23.0 Å². The van der Waals surface area contributed by atoms with E-state index in [4.69, 9.17) is 14.0 Å². The van der Waals surface area contributed by atoms with Crippen LogP contribution in [0.1, 0.15) is 24.1 Å². The summed E-state index contributed by atoms with van der Waals surface area (Å²) in [4.78, 5) is 11.5. The zero-order valence-electron chi connectivity index (χ0n) is 20.2. The lowest BCUT2D eigenvalue weighted by molar-refractivity contribution is 0.136. The van der Waals surface area contributed by atoms with E-state index in [1.807, 2.05) is 61.5 Å². The van der Waals surface area contributed by atoms with Gasteiger partial charge >= 0.3 is 0 Å². The van der Waals surface area contributed by atoms with E-state index in [0.29, 0.717) is 29.9 Å². The van der Waals surface area contributed by atoms with Crippen LogP contribution >= 0.6 is 0 Å². The second kappa shape index (κ2) is 10.7. The van der Waals surface area contributed by atoms with E-state index in [1.54, 1.807) is 7.11 Å². The van der Waals surface area contributed by atoms with Gasteiger partial charge in [0.05, 0.1) is 13.7 Å². The number of rotatable bonds is 8. The number of hydrogen-bond acceptors (Lipinski definition) is 7. The number of pyridine rings is 1. The molecule has 2 aromatic heterocycles. The van der Waals surface area contributed by atoms with Crippen molar-refractivity contribution in [1.29, 1.82) is 0 Å². The monoisotopic (exact) mass is 470 g/mol. The van der Waals surface area contributed by atoms with Crippen molar-refractivity contribution in [2.75, 3.05) is 26.8 Å². The summed E-state index contributed by atoms with van der Waals surface area (Å²) in [7, 11) is 1.70. The van der Waals surface area contributed by atoms with E-state index in [0.717, 1.165) is 55.2 Å². The van der Waals surface area contributed by atoms with Crippen LogP contribution in [-0.4, -0.2) is 46.8 Å². The van der Waals surface area contributed by atoms with Gasteiger partial charge in [0.15, 0.2) is 0 Å². The second-order valence-corrected chi connectivity index (χ2v) is 8.99. The maximum absolute atomic E-state index is 6.16. The third kappa shape index (κ3) is 5.87. The lowest BCUT2D eigenvalue weighted by atomic mass is 9.97. The fourth-order valence-corrected chi connectivity index (χ4v) is 4.35. The van der Waals surface area contributed by atoms with E-state index >= 15 is 0 Å². The summed E-state index contributed by atoms with van der Waals surface area (Å²) in [5.74, 6) is 3.21. The topological polar surface area (TPSA) is 73.5 Å². The molecule has 0 bridgehead atoms. The molecule has 1 aliphatic rings. The zero-order chi connectivity index (χ0) is 24.0. The molecule has 0 spiro atoms. The Labute approximate surface area is 205 Å². The van der Waals surface area contributed by atoms with Crippen molar-refractivity contribution < 1.29 is 14.0 Å². The highest BCUT2D eigenvalue weighted by Gasteiger charge is 2.20. The van der Waals surface area contributed by atoms with Gasteiger partial charge in [-0.1, -0.05) is 29.4 Å². The predicted molar refractivity (Wildman–Crippen MR) is 134 cm³/mol. The Morgan fingerprint density at radius 2 is 1.74 bits per heavy atom. The number of hydrogen-bond donors (Lipinski definition) is 0. The molecule has 0 radical (unpaired) electrons. The van der Waals surface area contributed by atoms with E-state index in [9.17, 15) is 0 Å². The number of aryl methyl sites for hydroxylation is 1. The summed E-state index contributed by atoms with van der Waals surface area (Å²) in [6.45, 7) is 5.79. The highest BCUT2D eigenvalue weighted by Crippen LogP contribution is 2.26. The summed E-state index contributed by atoms with van der Waals surface area (Å²) >= 11 is 0. The molecule has 0 saturated carbocycles. The Morgan fingerprint density at radius 3 is 2.51 bits per heavy atom. The first-order chi connectivity index (χ1) is 17.2. The summed E-state index contributed by atoms with van der Waals surface area (Å²) in [6, 6.07) is 21.9. The van der Waals surface area contributed by atoms with Crippen molar-refractivity contribution in [2.45, 2.75) is 26.3 Å². The van der Waals surface area contributed by atoms with Crippen molar-refractivity contribution in [3.05, 3.63) is 78.0 Å². The molecule has 1 saturated heterocycles. The molecule has 0 aliphatic carbocycles. The molecule has 1 aliphatic heterocycles. The average molecular weight is 471 g/mol. The molecule has 4 aromatic rings. The number of piperidine rings is 1. The van der Waals surface area contributed by atoms with Gasteiger partial charge in [0.25, 0.3) is 5.89 Å². The minimum atomic E-state index is 0.459. The first kappa shape index (κ1) is 23.1. The normalized spacial score (nSPS) is 14.7. The Bertz CT molecular complexity index is 1250. The number of nitrogens with zero attached hydrogens (tertiary/aromatic N) is 4. The number of likely N-dealkylation sites (tertiary alicyclic amines) is 1. The van der Waals surface area contributed by atoms with Crippen molar-refractivity contribution in [3.8, 4) is 34.5 Å². The second-order valence-electron chi connectivity index (χ2n) is 8.99. The quantitative estimate of drug-likeness (QED) is 0.341. The highest BCUT2D eigenvalue weighted by molar-refractivity contribution is 5.59. The molecular weight excluding hydrogens is 440 g/mol. The molecular formula is C28H30N4O3. The maximum Gasteiger partial charge on any atom is 0.258 e. The SMILES string of the molecule is COc1ccc(CN2CCC(COc3cccc(-c4nc(-c5cccc(C)n5)no4)c3)CC2)cc1. The lowest BCUT2D eigenvalue weighted by Crippen LogP contribution is -2.35. The van der Waals surface area contributed by atoms with Gasteiger partial charge in [-0.3, -0.25) is 4.90 Å². The average Bonchev–Trinajstić information content (AvgIpc) is 3.40. The number of methoxy groups -OCH3 is 1. The van der Waals surface area contributed by atoms with Crippen molar-refractivity contribution in [2.24, 2.45) is 5.92 Å². The Hall–Kier alpha value is -3.71. The molecule has 5 rings (SSSR count). The van der Waals surface area contributed by atoms with Gasteiger partial charge in [-0.05, 0) is 86.8 Å². The molecule has 180 valence electrons. The molecule has 0 atom stereocenters. The lowest BCUT2D eigenvalue weighted by Gasteiger charge is -2.31. The summed E-state index contributed by atoms with van der Waals surface area (Å²) in [5.41, 5.74) is 3.77. The summed E-state index contributed by atoms with van der Waals surface area (Å²) < 4.78 is 16.9. The van der Waals surface area contributed by atoms with Gasteiger partial charge in [0.2, 0.25) is 5.82 Å². The number of benzene rings is 2. The molecule has 7 heteroatoms.